The molecule has 0 aromatic heterocycles. The largest absolute Gasteiger partial charge is 0.348 e. The average molecular weight is 274 g/mol. The lowest BCUT2D eigenvalue weighted by atomic mass is 9.84. The van der Waals surface area contributed by atoms with Crippen LogP contribution >= 0.6 is 0 Å². The Hall–Kier alpha value is -1.19. The van der Waals surface area contributed by atoms with Gasteiger partial charge in [0.1, 0.15) is 0 Å². The summed E-state index contributed by atoms with van der Waals surface area (Å²) in [6.07, 6.45) is 6.46. The van der Waals surface area contributed by atoms with Crippen LogP contribution in [0, 0.1) is 5.92 Å². The summed E-state index contributed by atoms with van der Waals surface area (Å²) in [6, 6.07) is 7.78. The molecular formula is C17H22O3. The van der Waals surface area contributed by atoms with Crippen molar-refractivity contribution >= 4 is 5.78 Å². The zero-order valence-corrected chi connectivity index (χ0v) is 11.8. The zero-order valence-electron chi connectivity index (χ0n) is 11.8. The van der Waals surface area contributed by atoms with Crippen LogP contribution in [0.2, 0.25) is 0 Å². The van der Waals surface area contributed by atoms with Crippen LogP contribution in [0.1, 0.15) is 60.7 Å². The van der Waals surface area contributed by atoms with Crippen LogP contribution in [0.5, 0.6) is 0 Å². The molecule has 0 amide bonds. The van der Waals surface area contributed by atoms with Crippen molar-refractivity contribution in [3.05, 3.63) is 35.4 Å². The van der Waals surface area contributed by atoms with Gasteiger partial charge in [-0.15, -0.1) is 0 Å². The Morgan fingerprint density at radius 2 is 1.55 bits per heavy atom. The third-order valence-electron chi connectivity index (χ3n) is 4.27. The number of rotatable bonds is 3. The van der Waals surface area contributed by atoms with Crippen molar-refractivity contribution in [3.8, 4) is 0 Å². The zero-order chi connectivity index (χ0) is 13.8. The van der Waals surface area contributed by atoms with Crippen LogP contribution in [-0.4, -0.2) is 19.0 Å². The van der Waals surface area contributed by atoms with Crippen molar-refractivity contribution in [2.24, 2.45) is 5.92 Å². The van der Waals surface area contributed by atoms with E-state index in [0.717, 1.165) is 43.6 Å². The second-order valence-corrected chi connectivity index (χ2v) is 5.75. The van der Waals surface area contributed by atoms with Gasteiger partial charge in [0.25, 0.3) is 0 Å². The molecule has 3 nitrogen and oxygen atoms in total. The van der Waals surface area contributed by atoms with Gasteiger partial charge in [0.15, 0.2) is 12.1 Å². The topological polar surface area (TPSA) is 35.5 Å². The number of benzene rings is 1. The molecule has 1 aliphatic carbocycles. The molecule has 1 heterocycles. The van der Waals surface area contributed by atoms with Crippen LogP contribution in [-0.2, 0) is 9.47 Å². The van der Waals surface area contributed by atoms with Crippen molar-refractivity contribution in [1.29, 1.82) is 0 Å². The van der Waals surface area contributed by atoms with E-state index < -0.39 is 0 Å². The monoisotopic (exact) mass is 274 g/mol. The molecule has 3 heteroatoms. The van der Waals surface area contributed by atoms with Crippen molar-refractivity contribution in [1.82, 2.24) is 0 Å². The number of carbonyl (C=O) groups excluding carboxylic acids is 1. The van der Waals surface area contributed by atoms with E-state index in [1.165, 1.54) is 19.3 Å². The van der Waals surface area contributed by atoms with Crippen LogP contribution in [0.15, 0.2) is 24.3 Å². The van der Waals surface area contributed by atoms with E-state index >= 15 is 0 Å². The predicted octanol–water partition coefficient (Wildman–Crippen LogP) is 3.89. The molecule has 1 aliphatic heterocycles. The molecule has 1 saturated carbocycles. The summed E-state index contributed by atoms with van der Waals surface area (Å²) < 4.78 is 11.1. The fourth-order valence-electron chi connectivity index (χ4n) is 3.09. The maximum atomic E-state index is 12.4. The Balaban J connectivity index is 1.67. The summed E-state index contributed by atoms with van der Waals surface area (Å²) in [5, 5.41) is 0. The maximum absolute atomic E-state index is 12.4. The van der Waals surface area contributed by atoms with Gasteiger partial charge < -0.3 is 9.47 Å². The third kappa shape index (κ3) is 3.10. The van der Waals surface area contributed by atoms with Crippen LogP contribution in [0.4, 0.5) is 0 Å². The highest BCUT2D eigenvalue weighted by molar-refractivity contribution is 5.97. The normalized spacial score (nSPS) is 21.8. The molecule has 2 fully saturated rings. The van der Waals surface area contributed by atoms with Gasteiger partial charge in [0, 0.05) is 17.0 Å². The fourth-order valence-corrected chi connectivity index (χ4v) is 3.09. The number of Topliss-reactive ketones (excluding diaryl/α,β-unsaturated/α-hetero) is 1. The highest BCUT2D eigenvalue weighted by Gasteiger charge is 2.23. The van der Waals surface area contributed by atoms with Crippen LogP contribution in [0.25, 0.3) is 0 Å². The molecule has 1 saturated heterocycles. The van der Waals surface area contributed by atoms with Gasteiger partial charge in [-0.25, -0.2) is 0 Å². The van der Waals surface area contributed by atoms with Gasteiger partial charge in [0.05, 0.1) is 13.2 Å². The SMILES string of the molecule is O=C(c1ccc(C2OCCCO2)cc1)C1CCCCC1. The molecule has 108 valence electrons. The lowest BCUT2D eigenvalue weighted by Gasteiger charge is -2.24. The molecule has 0 atom stereocenters. The molecule has 1 aromatic rings. The molecule has 0 bridgehead atoms. The first-order chi connectivity index (χ1) is 9.84. The molecular weight excluding hydrogens is 252 g/mol. The minimum Gasteiger partial charge on any atom is -0.348 e. The van der Waals surface area contributed by atoms with Gasteiger partial charge in [-0.3, -0.25) is 4.79 Å². The van der Waals surface area contributed by atoms with Crippen molar-refractivity contribution in [2.75, 3.05) is 13.2 Å². The lowest BCUT2D eigenvalue weighted by molar-refractivity contribution is -0.183. The molecule has 1 aromatic carbocycles. The van der Waals surface area contributed by atoms with Gasteiger partial charge >= 0.3 is 0 Å². The standard InChI is InChI=1S/C17H22O3/c18-16(13-5-2-1-3-6-13)14-7-9-15(10-8-14)17-19-11-4-12-20-17/h7-10,13,17H,1-6,11-12H2. The molecule has 0 N–H and O–H groups in total. The van der Waals surface area contributed by atoms with Gasteiger partial charge in [-0.2, -0.15) is 0 Å². The highest BCUT2D eigenvalue weighted by Crippen LogP contribution is 2.28. The fraction of sp³-hybridized carbons (Fsp3) is 0.588. The lowest BCUT2D eigenvalue weighted by Crippen LogP contribution is -2.19. The minimum absolute atomic E-state index is 0.233. The summed E-state index contributed by atoms with van der Waals surface area (Å²) >= 11 is 0. The second kappa shape index (κ2) is 6.51. The summed E-state index contributed by atoms with van der Waals surface area (Å²) in [4.78, 5) is 12.4. The van der Waals surface area contributed by atoms with E-state index in [-0.39, 0.29) is 12.2 Å². The molecule has 20 heavy (non-hydrogen) atoms. The van der Waals surface area contributed by atoms with E-state index in [0.29, 0.717) is 5.78 Å². The Bertz CT molecular complexity index is 440. The number of ketones is 1. The maximum Gasteiger partial charge on any atom is 0.183 e. The molecule has 3 rings (SSSR count). The summed E-state index contributed by atoms with van der Waals surface area (Å²) in [6.45, 7) is 1.49. The second-order valence-electron chi connectivity index (χ2n) is 5.75. The van der Waals surface area contributed by atoms with Crippen molar-refractivity contribution < 1.29 is 14.3 Å². The first-order valence-electron chi connectivity index (χ1n) is 7.72. The first-order valence-corrected chi connectivity index (χ1v) is 7.72. The van der Waals surface area contributed by atoms with E-state index in [4.69, 9.17) is 9.47 Å². The van der Waals surface area contributed by atoms with Gasteiger partial charge in [-0.05, 0) is 19.3 Å². The Kier molecular flexibility index (Phi) is 4.48. The quantitative estimate of drug-likeness (QED) is 0.784. The van der Waals surface area contributed by atoms with Gasteiger partial charge in [0.2, 0.25) is 0 Å². The summed E-state index contributed by atoms with van der Waals surface area (Å²) in [7, 11) is 0. The molecule has 2 aliphatic rings. The summed E-state index contributed by atoms with van der Waals surface area (Å²) in [5.74, 6) is 0.540. The third-order valence-corrected chi connectivity index (χ3v) is 4.27. The summed E-state index contributed by atoms with van der Waals surface area (Å²) in [5.41, 5.74) is 1.83. The number of ether oxygens (including phenoxy) is 2. The Labute approximate surface area is 120 Å². The minimum atomic E-state index is -0.261. The Morgan fingerprint density at radius 1 is 0.900 bits per heavy atom. The molecule has 0 radical (unpaired) electrons. The first kappa shape index (κ1) is 13.8. The number of hydrogen-bond acceptors (Lipinski definition) is 3. The van der Waals surface area contributed by atoms with Crippen molar-refractivity contribution in [3.63, 3.8) is 0 Å². The number of carbonyl (C=O) groups is 1. The Morgan fingerprint density at radius 3 is 2.20 bits per heavy atom. The molecule has 0 unspecified atom stereocenters. The molecule has 0 spiro atoms. The van der Waals surface area contributed by atoms with Crippen molar-refractivity contribution in [2.45, 2.75) is 44.8 Å². The van der Waals surface area contributed by atoms with E-state index in [9.17, 15) is 4.79 Å². The van der Waals surface area contributed by atoms with Crippen LogP contribution < -0.4 is 0 Å². The van der Waals surface area contributed by atoms with Gasteiger partial charge in [-0.1, -0.05) is 43.5 Å². The average Bonchev–Trinajstić information content (AvgIpc) is 2.56. The van der Waals surface area contributed by atoms with E-state index in [1.807, 2.05) is 24.3 Å². The number of hydrogen-bond donors (Lipinski definition) is 0. The smallest absolute Gasteiger partial charge is 0.183 e. The van der Waals surface area contributed by atoms with E-state index in [2.05, 4.69) is 0 Å². The highest BCUT2D eigenvalue weighted by atomic mass is 16.7. The van der Waals surface area contributed by atoms with E-state index in [1.54, 1.807) is 0 Å². The predicted molar refractivity (Wildman–Crippen MR) is 76.6 cm³/mol. The van der Waals surface area contributed by atoms with Crippen LogP contribution in [0.3, 0.4) is 0 Å².